The zero-order valence-electron chi connectivity index (χ0n) is 14.1. The number of nitrogens with zero attached hydrogens (tertiary/aromatic N) is 5. The number of nitrogens with one attached hydrogen (secondary N) is 1. The van der Waals surface area contributed by atoms with Crippen molar-refractivity contribution in [1.29, 1.82) is 0 Å². The van der Waals surface area contributed by atoms with Gasteiger partial charge in [0.2, 0.25) is 17.6 Å². The van der Waals surface area contributed by atoms with Crippen LogP contribution in [0, 0.1) is 5.82 Å². The quantitative estimate of drug-likeness (QED) is 0.699. The first-order valence-electron chi connectivity index (χ1n) is 7.80. The maximum Gasteiger partial charge on any atom is 0.316 e. The molecule has 0 saturated heterocycles. The lowest BCUT2D eigenvalue weighted by Crippen LogP contribution is -2.30. The van der Waals surface area contributed by atoms with Crippen molar-refractivity contribution in [3.05, 3.63) is 47.4 Å². The van der Waals surface area contributed by atoms with Crippen LogP contribution in [0.25, 0.3) is 11.6 Å². The Morgan fingerprint density at radius 2 is 2.04 bits per heavy atom. The number of rotatable bonds is 5. The molecule has 26 heavy (non-hydrogen) atoms. The van der Waals surface area contributed by atoms with E-state index in [2.05, 4.69) is 30.4 Å². The SMILES string of the molecule is CC(C)NC(=O)c1nc(-c2nc(N)nc(Cc3cccc(F)c3)n2)no1. The monoisotopic (exact) mass is 357 g/mol. The van der Waals surface area contributed by atoms with Gasteiger partial charge in [0.15, 0.2) is 0 Å². The van der Waals surface area contributed by atoms with Gasteiger partial charge in [-0.25, -0.2) is 9.37 Å². The van der Waals surface area contributed by atoms with Crippen LogP contribution in [-0.2, 0) is 6.42 Å². The molecule has 9 nitrogen and oxygen atoms in total. The Kier molecular flexibility index (Phi) is 4.83. The fourth-order valence-corrected chi connectivity index (χ4v) is 2.18. The van der Waals surface area contributed by atoms with Gasteiger partial charge in [-0.3, -0.25) is 4.79 Å². The number of amides is 1. The number of hydrogen-bond acceptors (Lipinski definition) is 8. The fraction of sp³-hybridized carbons (Fsp3) is 0.250. The number of halogens is 1. The molecule has 3 N–H and O–H groups in total. The number of carbonyl (C=O) groups excluding carboxylic acids is 1. The fourth-order valence-electron chi connectivity index (χ4n) is 2.18. The third kappa shape index (κ3) is 4.15. The molecule has 2 aromatic heterocycles. The van der Waals surface area contributed by atoms with Crippen LogP contribution in [-0.4, -0.2) is 37.0 Å². The van der Waals surface area contributed by atoms with Crippen LogP contribution in [0.4, 0.5) is 10.3 Å². The Bertz CT molecular complexity index is 942. The van der Waals surface area contributed by atoms with E-state index < -0.39 is 5.91 Å². The van der Waals surface area contributed by atoms with Crippen LogP contribution >= 0.6 is 0 Å². The van der Waals surface area contributed by atoms with Crippen LogP contribution in [0.15, 0.2) is 28.8 Å². The van der Waals surface area contributed by atoms with Gasteiger partial charge in [0.05, 0.1) is 0 Å². The van der Waals surface area contributed by atoms with Gasteiger partial charge in [0.1, 0.15) is 11.6 Å². The second-order valence-corrected chi connectivity index (χ2v) is 5.79. The zero-order chi connectivity index (χ0) is 18.7. The summed E-state index contributed by atoms with van der Waals surface area (Å²) in [6, 6.07) is 5.98. The summed E-state index contributed by atoms with van der Waals surface area (Å²) in [6.07, 6.45) is 0.246. The Morgan fingerprint density at radius 1 is 1.23 bits per heavy atom. The lowest BCUT2D eigenvalue weighted by Gasteiger charge is -2.04. The normalized spacial score (nSPS) is 10.9. The van der Waals surface area contributed by atoms with Crippen molar-refractivity contribution in [2.24, 2.45) is 0 Å². The van der Waals surface area contributed by atoms with Crippen molar-refractivity contribution in [2.75, 3.05) is 5.73 Å². The lowest BCUT2D eigenvalue weighted by molar-refractivity contribution is 0.0899. The molecule has 2 heterocycles. The number of nitrogens with two attached hydrogens (primary N) is 1. The third-order valence-corrected chi connectivity index (χ3v) is 3.19. The van der Waals surface area contributed by atoms with Gasteiger partial charge >= 0.3 is 11.8 Å². The molecule has 1 aromatic carbocycles. The Balaban J connectivity index is 1.86. The van der Waals surface area contributed by atoms with Crippen molar-refractivity contribution in [3.8, 4) is 11.6 Å². The van der Waals surface area contributed by atoms with Crippen LogP contribution in [0.5, 0.6) is 0 Å². The summed E-state index contributed by atoms with van der Waals surface area (Å²) in [5, 5.41) is 6.34. The Labute approximate surface area is 147 Å². The summed E-state index contributed by atoms with van der Waals surface area (Å²) < 4.78 is 18.2. The predicted octanol–water partition coefficient (Wildman–Crippen LogP) is 1.37. The molecule has 0 fully saturated rings. The van der Waals surface area contributed by atoms with E-state index in [0.717, 1.165) is 0 Å². The maximum absolute atomic E-state index is 13.3. The first kappa shape index (κ1) is 17.4. The molecule has 3 aromatic rings. The molecule has 0 saturated carbocycles. The zero-order valence-corrected chi connectivity index (χ0v) is 14.1. The molecule has 0 unspecified atom stereocenters. The minimum Gasteiger partial charge on any atom is -0.368 e. The number of anilines is 1. The third-order valence-electron chi connectivity index (χ3n) is 3.19. The van der Waals surface area contributed by atoms with Crippen LogP contribution in [0.2, 0.25) is 0 Å². The van der Waals surface area contributed by atoms with Crippen LogP contribution in [0.1, 0.15) is 35.9 Å². The summed E-state index contributed by atoms with van der Waals surface area (Å²) in [7, 11) is 0. The van der Waals surface area contributed by atoms with E-state index in [1.54, 1.807) is 26.0 Å². The summed E-state index contributed by atoms with van der Waals surface area (Å²) in [5.74, 6) is -0.718. The Morgan fingerprint density at radius 3 is 2.77 bits per heavy atom. The van der Waals surface area contributed by atoms with Gasteiger partial charge in [-0.05, 0) is 31.5 Å². The van der Waals surface area contributed by atoms with E-state index in [1.165, 1.54) is 12.1 Å². The molecule has 0 aliphatic rings. The van der Waals surface area contributed by atoms with Gasteiger partial charge in [-0.15, -0.1) is 0 Å². The molecule has 10 heteroatoms. The van der Waals surface area contributed by atoms with E-state index in [9.17, 15) is 9.18 Å². The summed E-state index contributed by atoms with van der Waals surface area (Å²) in [5.41, 5.74) is 6.38. The first-order valence-corrected chi connectivity index (χ1v) is 7.80. The van der Waals surface area contributed by atoms with Crippen molar-refractivity contribution in [1.82, 2.24) is 30.4 Å². The molecular weight excluding hydrogens is 341 g/mol. The lowest BCUT2D eigenvalue weighted by atomic mass is 10.1. The average Bonchev–Trinajstić information content (AvgIpc) is 3.04. The first-order chi connectivity index (χ1) is 12.4. The molecule has 0 aliphatic heterocycles. The van der Waals surface area contributed by atoms with Crippen molar-refractivity contribution < 1.29 is 13.7 Å². The molecular formula is C16H16FN7O2. The van der Waals surface area contributed by atoms with Crippen molar-refractivity contribution >= 4 is 11.9 Å². The van der Waals surface area contributed by atoms with Gasteiger partial charge < -0.3 is 15.6 Å². The number of hydrogen-bond donors (Lipinski definition) is 2. The molecule has 0 radical (unpaired) electrons. The number of benzene rings is 1. The highest BCUT2D eigenvalue weighted by Crippen LogP contribution is 2.14. The van der Waals surface area contributed by atoms with E-state index in [1.807, 2.05) is 0 Å². The minimum absolute atomic E-state index is 0.00787. The molecule has 0 bridgehead atoms. The standard InChI is InChI=1S/C16H16FN7O2/c1-8(2)19-14(25)15-22-13(24-26-15)12-20-11(21-16(18)23-12)7-9-4-3-5-10(17)6-9/h3-6,8H,7H2,1-2H3,(H,19,25)(H2,18,20,21,23). The largest absolute Gasteiger partial charge is 0.368 e. The number of nitrogen functional groups attached to an aromatic ring is 1. The topological polar surface area (TPSA) is 133 Å². The summed E-state index contributed by atoms with van der Waals surface area (Å²) >= 11 is 0. The smallest absolute Gasteiger partial charge is 0.316 e. The molecule has 134 valence electrons. The van der Waals surface area contributed by atoms with Gasteiger partial charge in [-0.2, -0.15) is 15.0 Å². The molecule has 0 spiro atoms. The Hall–Kier alpha value is -3.43. The summed E-state index contributed by atoms with van der Waals surface area (Å²) in [6.45, 7) is 3.61. The van der Waals surface area contributed by atoms with Gasteiger partial charge in [0.25, 0.3) is 0 Å². The van der Waals surface area contributed by atoms with Crippen molar-refractivity contribution in [2.45, 2.75) is 26.3 Å². The predicted molar refractivity (Wildman–Crippen MR) is 89.3 cm³/mol. The number of carbonyl (C=O) groups is 1. The molecule has 0 atom stereocenters. The van der Waals surface area contributed by atoms with Gasteiger partial charge in [0, 0.05) is 12.5 Å². The van der Waals surface area contributed by atoms with Crippen LogP contribution < -0.4 is 11.1 Å². The molecule has 0 aliphatic carbocycles. The van der Waals surface area contributed by atoms with Crippen molar-refractivity contribution in [3.63, 3.8) is 0 Å². The summed E-state index contributed by atoms with van der Waals surface area (Å²) in [4.78, 5) is 28.1. The molecule has 3 rings (SSSR count). The van der Waals surface area contributed by atoms with E-state index in [4.69, 9.17) is 10.3 Å². The van der Waals surface area contributed by atoms with E-state index in [0.29, 0.717) is 11.4 Å². The highest BCUT2D eigenvalue weighted by Gasteiger charge is 2.19. The second-order valence-electron chi connectivity index (χ2n) is 5.79. The minimum atomic E-state index is -0.499. The van der Waals surface area contributed by atoms with Crippen LogP contribution in [0.3, 0.4) is 0 Å². The van der Waals surface area contributed by atoms with E-state index in [-0.39, 0.29) is 41.8 Å². The molecule has 1 amide bonds. The number of aromatic nitrogens is 5. The second kappa shape index (κ2) is 7.21. The highest BCUT2D eigenvalue weighted by molar-refractivity contribution is 5.89. The maximum atomic E-state index is 13.3. The average molecular weight is 357 g/mol. The van der Waals surface area contributed by atoms with E-state index >= 15 is 0 Å². The highest BCUT2D eigenvalue weighted by atomic mass is 19.1. The van der Waals surface area contributed by atoms with Gasteiger partial charge in [-0.1, -0.05) is 17.3 Å².